The predicted octanol–water partition coefficient (Wildman–Crippen LogP) is 4.39. The van der Waals surface area contributed by atoms with Gasteiger partial charge in [0.25, 0.3) is 0 Å². The number of fused-ring (bicyclic) bond motifs is 3. The number of carbonyl (C=O) groups excluding carboxylic acids is 1. The molecule has 0 bridgehead atoms. The molecule has 0 aliphatic carbocycles. The van der Waals surface area contributed by atoms with E-state index in [1.54, 1.807) is 38.1 Å². The van der Waals surface area contributed by atoms with Gasteiger partial charge in [-0.05, 0) is 51.8 Å². The number of carbonyl (C=O) groups is 1. The quantitative estimate of drug-likeness (QED) is 0.630. The Labute approximate surface area is 181 Å². The largest absolute Gasteiger partial charge is 0.508 e. The molecule has 2 aliphatic heterocycles. The molecule has 3 N–H and O–H groups in total. The minimum absolute atomic E-state index is 0.0853. The topological polar surface area (TPSA) is 96.2 Å². The molecule has 6 nitrogen and oxygen atoms in total. The maximum atomic E-state index is 13.1. The minimum Gasteiger partial charge on any atom is -0.508 e. The lowest BCUT2D eigenvalue weighted by Crippen LogP contribution is -2.39. The molecule has 0 aromatic heterocycles. The van der Waals surface area contributed by atoms with Gasteiger partial charge in [0, 0.05) is 17.5 Å². The van der Waals surface area contributed by atoms with Gasteiger partial charge in [0.1, 0.15) is 40.8 Å². The van der Waals surface area contributed by atoms with Crippen molar-refractivity contribution in [3.63, 3.8) is 0 Å². The Morgan fingerprint density at radius 2 is 1.77 bits per heavy atom. The monoisotopic (exact) mass is 424 g/mol. The summed E-state index contributed by atoms with van der Waals surface area (Å²) in [6.45, 7) is 7.28. The highest BCUT2D eigenvalue weighted by atomic mass is 16.5. The van der Waals surface area contributed by atoms with Crippen molar-refractivity contribution in [2.24, 2.45) is 0 Å². The molecule has 2 aromatic rings. The number of allylic oxidation sites excluding steroid dienone is 2. The molecule has 0 saturated heterocycles. The van der Waals surface area contributed by atoms with E-state index < -0.39 is 17.8 Å². The lowest BCUT2D eigenvalue weighted by Gasteiger charge is -2.28. The van der Waals surface area contributed by atoms with Crippen molar-refractivity contribution in [2.45, 2.75) is 64.8 Å². The fourth-order valence-corrected chi connectivity index (χ4v) is 4.11. The maximum absolute atomic E-state index is 13.1. The normalized spacial score (nSPS) is 19.8. The van der Waals surface area contributed by atoms with Crippen LogP contribution in [0, 0.1) is 0 Å². The van der Waals surface area contributed by atoms with Gasteiger partial charge in [-0.15, -0.1) is 0 Å². The van der Waals surface area contributed by atoms with E-state index in [9.17, 15) is 20.1 Å². The Morgan fingerprint density at radius 3 is 2.39 bits per heavy atom. The summed E-state index contributed by atoms with van der Waals surface area (Å²) in [7, 11) is 0. The van der Waals surface area contributed by atoms with Gasteiger partial charge in [0.15, 0.2) is 5.78 Å². The van der Waals surface area contributed by atoms with E-state index in [0.717, 1.165) is 11.1 Å². The summed E-state index contributed by atoms with van der Waals surface area (Å²) in [5, 5.41) is 31.2. The highest BCUT2D eigenvalue weighted by Gasteiger charge is 2.43. The van der Waals surface area contributed by atoms with Crippen LogP contribution in [0.25, 0.3) is 0 Å². The molecule has 0 spiro atoms. The third kappa shape index (κ3) is 3.88. The van der Waals surface area contributed by atoms with Crippen molar-refractivity contribution >= 4 is 5.78 Å². The Hall–Kier alpha value is -2.99. The number of Topliss-reactive ketones (excluding diaryl/α,β-unsaturated/α-hetero) is 1. The number of hydrogen-bond acceptors (Lipinski definition) is 6. The first-order valence-electron chi connectivity index (χ1n) is 10.5. The molecule has 2 atom stereocenters. The lowest BCUT2D eigenvalue weighted by atomic mass is 9.88. The summed E-state index contributed by atoms with van der Waals surface area (Å²) in [5.74, 6) is 0.631. The van der Waals surface area contributed by atoms with Crippen LogP contribution in [0.1, 0.15) is 67.3 Å². The van der Waals surface area contributed by atoms with Gasteiger partial charge in [0.05, 0.1) is 12.0 Å². The van der Waals surface area contributed by atoms with Crippen LogP contribution in [0.2, 0.25) is 0 Å². The van der Waals surface area contributed by atoms with E-state index in [1.165, 1.54) is 0 Å². The zero-order valence-corrected chi connectivity index (χ0v) is 18.2. The molecule has 0 saturated carbocycles. The van der Waals surface area contributed by atoms with Crippen molar-refractivity contribution in [2.75, 3.05) is 0 Å². The first-order valence-corrected chi connectivity index (χ1v) is 10.5. The van der Waals surface area contributed by atoms with Crippen molar-refractivity contribution < 1.29 is 29.6 Å². The van der Waals surface area contributed by atoms with Gasteiger partial charge in [0.2, 0.25) is 0 Å². The van der Waals surface area contributed by atoms with Crippen LogP contribution in [0.5, 0.6) is 23.0 Å². The predicted molar refractivity (Wildman–Crippen MR) is 116 cm³/mol. The zero-order chi connectivity index (χ0) is 22.5. The number of phenols is 2. The average Bonchev–Trinajstić information content (AvgIpc) is 3.13. The van der Waals surface area contributed by atoms with Crippen LogP contribution in [-0.4, -0.2) is 32.8 Å². The summed E-state index contributed by atoms with van der Waals surface area (Å²) < 4.78 is 12.4. The van der Waals surface area contributed by atoms with Gasteiger partial charge in [-0.1, -0.05) is 23.8 Å². The second kappa shape index (κ2) is 7.61. The van der Waals surface area contributed by atoms with Gasteiger partial charge >= 0.3 is 0 Å². The van der Waals surface area contributed by atoms with Crippen LogP contribution in [0.15, 0.2) is 35.9 Å². The summed E-state index contributed by atoms with van der Waals surface area (Å²) >= 11 is 0. The molecule has 0 unspecified atom stereocenters. The van der Waals surface area contributed by atoms with Gasteiger partial charge < -0.3 is 24.8 Å². The summed E-state index contributed by atoms with van der Waals surface area (Å²) in [5.41, 5.74) is 2.17. The second-order valence-electron chi connectivity index (χ2n) is 9.11. The first kappa shape index (κ1) is 21.2. The summed E-state index contributed by atoms with van der Waals surface area (Å²) in [4.78, 5) is 13.1. The van der Waals surface area contributed by atoms with Crippen molar-refractivity contribution in [1.29, 1.82) is 0 Å². The zero-order valence-electron chi connectivity index (χ0n) is 18.2. The van der Waals surface area contributed by atoms with Crippen molar-refractivity contribution in [3.05, 3.63) is 58.2 Å². The Bertz CT molecular complexity index is 1060. The molecule has 2 heterocycles. The second-order valence-corrected chi connectivity index (χ2v) is 9.11. The molecule has 2 aliphatic rings. The van der Waals surface area contributed by atoms with Gasteiger partial charge in [-0.3, -0.25) is 4.79 Å². The molecule has 6 heteroatoms. The van der Waals surface area contributed by atoms with E-state index in [-0.39, 0.29) is 29.3 Å². The van der Waals surface area contributed by atoms with Crippen LogP contribution >= 0.6 is 0 Å². The molecule has 0 radical (unpaired) electrons. The highest BCUT2D eigenvalue weighted by molar-refractivity contribution is 6.04. The number of aromatic hydroxyl groups is 2. The first-order chi connectivity index (χ1) is 14.6. The molecule has 4 rings (SSSR count). The summed E-state index contributed by atoms with van der Waals surface area (Å²) in [6, 6.07) is 6.54. The summed E-state index contributed by atoms with van der Waals surface area (Å²) in [6.07, 6.45) is 1.79. The number of rotatable bonds is 4. The Morgan fingerprint density at radius 1 is 1.10 bits per heavy atom. The molecular formula is C25H28O6. The van der Waals surface area contributed by atoms with Crippen LogP contribution in [0.3, 0.4) is 0 Å². The van der Waals surface area contributed by atoms with E-state index in [0.29, 0.717) is 35.5 Å². The highest BCUT2D eigenvalue weighted by Crippen LogP contribution is 2.52. The molecule has 164 valence electrons. The standard InChI is InChI=1S/C25H28O6/c1-13(2)5-10-16-22(28)21-18(27)12-19(14-6-8-15(26)9-7-14)30-24(21)17-11-20(25(3,4)29)31-23(16)17/h5-9,19-20,26,28-29H,10-12H2,1-4H3/t19-,20-/m0/s1. The average molecular weight is 424 g/mol. The molecule has 2 aromatic carbocycles. The smallest absolute Gasteiger partial charge is 0.174 e. The van der Waals surface area contributed by atoms with E-state index in [4.69, 9.17) is 9.47 Å². The lowest BCUT2D eigenvalue weighted by molar-refractivity contribution is -0.0232. The van der Waals surface area contributed by atoms with Crippen LogP contribution < -0.4 is 9.47 Å². The molecule has 0 amide bonds. The van der Waals surface area contributed by atoms with Gasteiger partial charge in [-0.25, -0.2) is 0 Å². The number of benzene rings is 2. The van der Waals surface area contributed by atoms with E-state index in [1.807, 2.05) is 19.9 Å². The fourth-order valence-electron chi connectivity index (χ4n) is 4.11. The number of hydrogen-bond donors (Lipinski definition) is 3. The van der Waals surface area contributed by atoms with Crippen molar-refractivity contribution in [1.82, 2.24) is 0 Å². The SMILES string of the molecule is CC(C)=CCc1c(O)c2c(c3c1O[C@H](C(C)(C)O)C3)O[C@H](c1ccc(O)cc1)CC2=O. The number of phenolic OH excluding ortho intramolecular Hbond substituents is 2. The molecular weight excluding hydrogens is 396 g/mol. The Balaban J connectivity index is 1.84. The third-order valence-corrected chi connectivity index (χ3v) is 5.90. The van der Waals surface area contributed by atoms with Gasteiger partial charge in [-0.2, -0.15) is 0 Å². The number of ether oxygens (including phenoxy) is 2. The number of ketones is 1. The Kier molecular flexibility index (Phi) is 5.21. The van der Waals surface area contributed by atoms with Crippen LogP contribution in [-0.2, 0) is 12.8 Å². The molecule has 0 fully saturated rings. The maximum Gasteiger partial charge on any atom is 0.174 e. The fraction of sp³-hybridized carbons (Fsp3) is 0.400. The molecule has 31 heavy (non-hydrogen) atoms. The van der Waals surface area contributed by atoms with E-state index >= 15 is 0 Å². The van der Waals surface area contributed by atoms with Crippen molar-refractivity contribution in [3.8, 4) is 23.0 Å². The van der Waals surface area contributed by atoms with E-state index in [2.05, 4.69) is 0 Å². The number of aliphatic hydroxyl groups is 1. The minimum atomic E-state index is -1.11. The van der Waals surface area contributed by atoms with Crippen LogP contribution in [0.4, 0.5) is 0 Å². The third-order valence-electron chi connectivity index (χ3n) is 5.90.